The van der Waals surface area contributed by atoms with E-state index in [1.54, 1.807) is 0 Å². The van der Waals surface area contributed by atoms with E-state index >= 15 is 0 Å². The standard InChI is InChI=1S/C11H20N3/c1-9-8-10(13-12)4-5-11(9)14-6-2-3-7-14/h9-11H,2-8H2,1H3/q+1. The zero-order valence-corrected chi connectivity index (χ0v) is 9.02. The number of rotatable bonds is 1. The number of diazo groups is 1. The van der Waals surface area contributed by atoms with Gasteiger partial charge in [0.2, 0.25) is 5.39 Å². The smallest absolute Gasteiger partial charge is 0.300 e. The van der Waals surface area contributed by atoms with Gasteiger partial charge in [0.1, 0.15) is 4.98 Å². The fraction of sp³-hybridized carbons (Fsp3) is 1.00. The summed E-state index contributed by atoms with van der Waals surface area (Å²) in [6.07, 6.45) is 6.10. The minimum atomic E-state index is 0.212. The second kappa shape index (κ2) is 4.27. The molecule has 2 rings (SSSR count). The molecule has 1 saturated carbocycles. The van der Waals surface area contributed by atoms with Crippen LogP contribution in [0.3, 0.4) is 0 Å². The summed E-state index contributed by atoms with van der Waals surface area (Å²) in [6, 6.07) is 0.972. The molecule has 1 aliphatic carbocycles. The molecule has 3 unspecified atom stereocenters. The Hall–Kier alpha value is -0.620. The van der Waals surface area contributed by atoms with Crippen molar-refractivity contribution in [3.8, 4) is 0 Å². The zero-order chi connectivity index (χ0) is 9.97. The van der Waals surface area contributed by atoms with Crippen LogP contribution in [0.25, 0.3) is 4.98 Å². The van der Waals surface area contributed by atoms with Crippen LogP contribution in [0.15, 0.2) is 0 Å². The summed E-state index contributed by atoms with van der Waals surface area (Å²) in [7, 11) is 0. The summed E-state index contributed by atoms with van der Waals surface area (Å²) in [5.74, 6) is 0.697. The molecule has 3 heteroatoms. The predicted octanol–water partition coefficient (Wildman–Crippen LogP) is 2.49. The van der Waals surface area contributed by atoms with E-state index in [0.29, 0.717) is 5.92 Å². The molecule has 1 aliphatic heterocycles. The topological polar surface area (TPSA) is 31.4 Å². The maximum Gasteiger partial charge on any atom is 0.314 e. The highest BCUT2D eigenvalue weighted by Crippen LogP contribution is 2.31. The highest BCUT2D eigenvalue weighted by Gasteiger charge is 2.37. The molecule has 0 bridgehead atoms. The molecule has 1 saturated heterocycles. The van der Waals surface area contributed by atoms with Crippen molar-refractivity contribution in [2.45, 2.75) is 51.1 Å². The summed E-state index contributed by atoms with van der Waals surface area (Å²) >= 11 is 0. The quantitative estimate of drug-likeness (QED) is 0.600. The maximum absolute atomic E-state index is 8.77. The Morgan fingerprint density at radius 3 is 2.50 bits per heavy atom. The van der Waals surface area contributed by atoms with Gasteiger partial charge in [-0.1, -0.05) is 6.92 Å². The SMILES string of the molecule is CC1CC([N+]#N)CCC1N1CCCC1. The number of likely N-dealkylation sites (tertiary alicyclic amines) is 1. The lowest BCUT2D eigenvalue weighted by atomic mass is 9.82. The fourth-order valence-corrected chi connectivity index (χ4v) is 3.07. The Balaban J connectivity index is 1.91. The largest absolute Gasteiger partial charge is 0.314 e. The van der Waals surface area contributed by atoms with Crippen molar-refractivity contribution in [3.63, 3.8) is 0 Å². The van der Waals surface area contributed by atoms with Gasteiger partial charge in [0.25, 0.3) is 0 Å². The monoisotopic (exact) mass is 194 g/mol. The van der Waals surface area contributed by atoms with Crippen LogP contribution in [-0.4, -0.2) is 30.1 Å². The van der Waals surface area contributed by atoms with Gasteiger partial charge in [0, 0.05) is 18.9 Å². The van der Waals surface area contributed by atoms with Crippen molar-refractivity contribution in [2.24, 2.45) is 5.92 Å². The first kappa shape index (κ1) is 9.92. The molecule has 0 aromatic heterocycles. The van der Waals surface area contributed by atoms with Gasteiger partial charge in [-0.05, 0) is 38.3 Å². The first-order valence-electron chi connectivity index (χ1n) is 5.89. The summed E-state index contributed by atoms with van der Waals surface area (Å²) < 4.78 is 0. The molecule has 3 nitrogen and oxygen atoms in total. The van der Waals surface area contributed by atoms with Gasteiger partial charge in [-0.2, -0.15) is 0 Å². The van der Waals surface area contributed by atoms with Crippen LogP contribution in [0.5, 0.6) is 0 Å². The molecule has 78 valence electrons. The van der Waals surface area contributed by atoms with Crippen molar-refractivity contribution in [1.29, 1.82) is 5.39 Å². The van der Waals surface area contributed by atoms with Gasteiger partial charge in [-0.3, -0.25) is 0 Å². The van der Waals surface area contributed by atoms with Crippen molar-refractivity contribution >= 4 is 0 Å². The van der Waals surface area contributed by atoms with E-state index in [2.05, 4.69) is 16.8 Å². The molecule has 0 aromatic rings. The lowest BCUT2D eigenvalue weighted by Crippen LogP contribution is -2.42. The molecule has 2 aliphatic rings. The van der Waals surface area contributed by atoms with E-state index in [1.165, 1.54) is 32.4 Å². The Labute approximate surface area is 86.1 Å². The average Bonchev–Trinajstić information content (AvgIpc) is 2.70. The molecule has 1 heterocycles. The first-order chi connectivity index (χ1) is 6.81. The van der Waals surface area contributed by atoms with Crippen LogP contribution in [0.1, 0.15) is 39.0 Å². The van der Waals surface area contributed by atoms with Gasteiger partial charge in [-0.15, -0.1) is 0 Å². The minimum Gasteiger partial charge on any atom is -0.300 e. The summed E-state index contributed by atoms with van der Waals surface area (Å²) in [5, 5.41) is 8.77. The Bertz CT molecular complexity index is 227. The van der Waals surface area contributed by atoms with Gasteiger partial charge in [0.05, 0.1) is 0 Å². The van der Waals surface area contributed by atoms with E-state index in [4.69, 9.17) is 5.39 Å². The zero-order valence-electron chi connectivity index (χ0n) is 9.02. The van der Waals surface area contributed by atoms with Crippen LogP contribution in [0, 0.1) is 11.3 Å². The minimum absolute atomic E-state index is 0.212. The lowest BCUT2D eigenvalue weighted by molar-refractivity contribution is 0.135. The fourth-order valence-electron chi connectivity index (χ4n) is 3.07. The molecule has 2 fully saturated rings. The van der Waals surface area contributed by atoms with Crippen LogP contribution in [0.2, 0.25) is 0 Å². The number of hydrogen-bond donors (Lipinski definition) is 0. The van der Waals surface area contributed by atoms with Crippen LogP contribution in [-0.2, 0) is 0 Å². The average molecular weight is 194 g/mol. The molecule has 3 atom stereocenters. The molecule has 14 heavy (non-hydrogen) atoms. The van der Waals surface area contributed by atoms with Crippen LogP contribution >= 0.6 is 0 Å². The van der Waals surface area contributed by atoms with Crippen molar-refractivity contribution < 1.29 is 0 Å². The second-order valence-corrected chi connectivity index (χ2v) is 4.87. The van der Waals surface area contributed by atoms with E-state index in [9.17, 15) is 0 Å². The van der Waals surface area contributed by atoms with E-state index in [-0.39, 0.29) is 6.04 Å². The summed E-state index contributed by atoms with van der Waals surface area (Å²) in [5.41, 5.74) is 0. The molecular formula is C11H20N3+. The van der Waals surface area contributed by atoms with Gasteiger partial charge in [-0.25, -0.2) is 0 Å². The number of nitrogens with zero attached hydrogens (tertiary/aromatic N) is 3. The molecule has 0 N–H and O–H groups in total. The van der Waals surface area contributed by atoms with Crippen LogP contribution < -0.4 is 0 Å². The van der Waals surface area contributed by atoms with Crippen molar-refractivity contribution in [1.82, 2.24) is 4.90 Å². The van der Waals surface area contributed by atoms with Crippen molar-refractivity contribution in [2.75, 3.05) is 13.1 Å². The predicted molar refractivity (Wildman–Crippen MR) is 56.5 cm³/mol. The Morgan fingerprint density at radius 1 is 1.21 bits per heavy atom. The highest BCUT2D eigenvalue weighted by molar-refractivity contribution is 4.91. The van der Waals surface area contributed by atoms with Gasteiger partial charge in [0.15, 0.2) is 0 Å². The lowest BCUT2D eigenvalue weighted by Gasteiger charge is -2.35. The molecule has 0 spiro atoms. The van der Waals surface area contributed by atoms with Gasteiger partial charge < -0.3 is 4.90 Å². The third kappa shape index (κ3) is 1.90. The maximum atomic E-state index is 8.77. The van der Waals surface area contributed by atoms with Crippen LogP contribution in [0.4, 0.5) is 0 Å². The molecule has 0 aromatic carbocycles. The Morgan fingerprint density at radius 2 is 1.93 bits per heavy atom. The molecular weight excluding hydrogens is 174 g/mol. The van der Waals surface area contributed by atoms with E-state index < -0.39 is 0 Å². The third-order valence-corrected chi connectivity index (χ3v) is 3.87. The molecule has 0 amide bonds. The first-order valence-corrected chi connectivity index (χ1v) is 5.89. The van der Waals surface area contributed by atoms with E-state index in [0.717, 1.165) is 18.9 Å². The normalized spacial score (nSPS) is 39.6. The summed E-state index contributed by atoms with van der Waals surface area (Å²) in [6.45, 7) is 4.88. The van der Waals surface area contributed by atoms with Gasteiger partial charge >= 0.3 is 6.04 Å². The third-order valence-electron chi connectivity index (χ3n) is 3.87. The second-order valence-electron chi connectivity index (χ2n) is 4.87. The molecule has 0 radical (unpaired) electrons. The van der Waals surface area contributed by atoms with E-state index in [1.807, 2.05) is 0 Å². The highest BCUT2D eigenvalue weighted by atomic mass is 15.2. The summed E-state index contributed by atoms with van der Waals surface area (Å²) in [4.78, 5) is 6.08. The number of hydrogen-bond acceptors (Lipinski definition) is 2. The van der Waals surface area contributed by atoms with Crippen molar-refractivity contribution in [3.05, 3.63) is 4.98 Å². The Kier molecular flexibility index (Phi) is 3.02.